The number of aromatic nitrogens is 2. The number of rotatable bonds is 12. The second-order valence-corrected chi connectivity index (χ2v) is 30.1. The molecule has 466 valence electrons. The Morgan fingerprint density at radius 1 is 0.340 bits per heavy atom. The second kappa shape index (κ2) is 22.6. The van der Waals surface area contributed by atoms with Crippen molar-refractivity contribution in [2.75, 3.05) is 9.80 Å². The summed E-state index contributed by atoms with van der Waals surface area (Å²) in [5.41, 5.74) is 27.3. The molecule has 0 saturated heterocycles. The van der Waals surface area contributed by atoms with E-state index in [1.807, 2.05) is 22.7 Å². The molecule has 0 unspecified atom stereocenters. The molecule has 97 heavy (non-hydrogen) atoms. The van der Waals surface area contributed by atoms with Crippen molar-refractivity contribution in [2.45, 2.75) is 78.6 Å². The third-order valence-corrected chi connectivity index (χ3v) is 23.6. The van der Waals surface area contributed by atoms with Crippen LogP contribution in [0.4, 0.5) is 34.1 Å². The van der Waals surface area contributed by atoms with E-state index in [9.17, 15) is 0 Å². The van der Waals surface area contributed by atoms with E-state index in [1.165, 1.54) is 173 Å². The van der Waals surface area contributed by atoms with Gasteiger partial charge in [-0.1, -0.05) is 229 Å². The Labute approximate surface area is 574 Å². The van der Waals surface area contributed by atoms with Crippen LogP contribution in [-0.4, -0.2) is 15.8 Å². The molecule has 0 bridgehead atoms. The lowest BCUT2D eigenvalue weighted by molar-refractivity contribution is 0.590. The van der Waals surface area contributed by atoms with Crippen LogP contribution in [0.1, 0.15) is 77.0 Å². The van der Waals surface area contributed by atoms with Gasteiger partial charge in [-0.05, 0) is 171 Å². The fourth-order valence-electron chi connectivity index (χ4n) is 16.5. The quantitative estimate of drug-likeness (QED) is 0.113. The highest BCUT2D eigenvalue weighted by molar-refractivity contribution is 7.27. The van der Waals surface area contributed by atoms with Crippen LogP contribution >= 0.6 is 22.7 Å². The highest BCUT2D eigenvalue weighted by Crippen LogP contribution is 2.54. The van der Waals surface area contributed by atoms with E-state index >= 15 is 0 Å². The fourth-order valence-corrected chi connectivity index (χ4v) is 19.1. The number of fused-ring (bicyclic) bond motifs is 16. The van der Waals surface area contributed by atoms with Crippen molar-refractivity contribution < 1.29 is 0 Å². The summed E-state index contributed by atoms with van der Waals surface area (Å²) in [4.78, 5) is 5.59. The number of nitrogens with zero attached hydrogens (tertiary/aromatic N) is 4. The van der Waals surface area contributed by atoms with E-state index in [1.54, 1.807) is 0 Å². The van der Waals surface area contributed by atoms with Crippen LogP contribution in [0.25, 0.3) is 118 Å². The van der Waals surface area contributed by atoms with Crippen LogP contribution in [0.3, 0.4) is 0 Å². The third-order valence-electron chi connectivity index (χ3n) is 21.2. The van der Waals surface area contributed by atoms with Gasteiger partial charge in [0.25, 0.3) is 6.71 Å². The molecule has 17 aromatic rings. The number of thiophene rings is 2. The van der Waals surface area contributed by atoms with Crippen LogP contribution in [0, 0.1) is 0 Å². The summed E-state index contributed by atoms with van der Waals surface area (Å²) in [6.07, 6.45) is 6.30. The van der Waals surface area contributed by atoms with Crippen molar-refractivity contribution in [1.29, 1.82) is 0 Å². The molecule has 7 heteroatoms. The van der Waals surface area contributed by atoms with Gasteiger partial charge in [-0.25, -0.2) is 0 Å². The van der Waals surface area contributed by atoms with Crippen LogP contribution in [0.5, 0.6) is 0 Å². The highest BCUT2D eigenvalue weighted by Gasteiger charge is 2.46. The van der Waals surface area contributed by atoms with Crippen molar-refractivity contribution in [3.05, 3.63) is 284 Å². The molecule has 0 atom stereocenters. The summed E-state index contributed by atoms with van der Waals surface area (Å²) >= 11 is 3.92. The predicted octanol–water partition coefficient (Wildman–Crippen LogP) is 24.0. The normalized spacial score (nSPS) is 13.0. The van der Waals surface area contributed by atoms with E-state index in [4.69, 9.17) is 0 Å². The Kier molecular flexibility index (Phi) is 13.5. The molecule has 2 aliphatic heterocycles. The molecule has 19 rings (SSSR count). The van der Waals surface area contributed by atoms with Crippen LogP contribution in [0.15, 0.2) is 267 Å². The molecular weight excluding hydrogens is 1210 g/mol. The molecular formula is C90H71BN4S2. The van der Waals surface area contributed by atoms with Gasteiger partial charge in [0.05, 0.1) is 42.8 Å². The fraction of sp³-hybridized carbons (Fsp3) is 0.133. The summed E-state index contributed by atoms with van der Waals surface area (Å²) in [5, 5.41) is 10.2. The average molecular weight is 1280 g/mol. The standard InChI is InChI=1S/C90H71BN4S2/c1-6-8-24-58-38-44-69-67-32-18-22-36-83(67)96-88(69)86(58)94-79-54-63(92-75-34-20-16-30-65(75)71-50-60(40-48-77(71)92)56-26-12-10-13-27-56)42-46-73(79)91-74-47-43-64(93-76-35-21-17-31-66(76)72-51-61(41-49-78(72)93)57-28-14-11-15-29-57)55-80(74)95(82-53-62(90(3,4)5)52-81(94)85(82)91)87-59(25-9-7-2)39-45-70-68-33-19-23-37-84(68)97-89(70)87/h10-23,26-55H,6-9,24-25H2,1-5H3. The van der Waals surface area contributed by atoms with Crippen molar-refractivity contribution in [3.8, 4) is 33.6 Å². The van der Waals surface area contributed by atoms with E-state index in [-0.39, 0.29) is 12.1 Å². The lowest BCUT2D eigenvalue weighted by Crippen LogP contribution is -2.61. The molecule has 0 radical (unpaired) electrons. The minimum atomic E-state index is -0.241. The molecule has 6 heterocycles. The van der Waals surface area contributed by atoms with Gasteiger partial charge in [0.15, 0.2) is 0 Å². The first-order valence-electron chi connectivity index (χ1n) is 34.8. The zero-order valence-corrected chi connectivity index (χ0v) is 57.0. The maximum atomic E-state index is 2.80. The summed E-state index contributed by atoms with van der Waals surface area (Å²) in [6.45, 7) is 11.8. The SMILES string of the molecule is CCCCc1ccc2c(sc3ccccc32)c1N1c2cc(-n3c4ccccc4c4cc(-c5ccccc5)ccc43)ccc2B2c3ccc(-n4c5ccccc5c5cc(-c6ccccc6)ccc54)cc3N(c3c(CCCC)ccc4c3sc3ccccc34)c3cc(C(C)(C)C)cc1c32. The number of hydrogen-bond acceptors (Lipinski definition) is 4. The summed E-state index contributed by atoms with van der Waals surface area (Å²) in [6, 6.07) is 102. The third kappa shape index (κ3) is 9.01. The maximum absolute atomic E-state index is 2.80. The molecule has 0 amide bonds. The van der Waals surface area contributed by atoms with Gasteiger partial charge in [-0.15, -0.1) is 22.7 Å². The van der Waals surface area contributed by atoms with Gasteiger partial charge >= 0.3 is 0 Å². The summed E-state index contributed by atoms with van der Waals surface area (Å²) in [7, 11) is 0. The summed E-state index contributed by atoms with van der Waals surface area (Å²) in [5.74, 6) is 0. The molecule has 13 aromatic carbocycles. The van der Waals surface area contributed by atoms with Gasteiger partial charge < -0.3 is 18.9 Å². The molecule has 0 saturated carbocycles. The van der Waals surface area contributed by atoms with Gasteiger partial charge in [0.2, 0.25) is 0 Å². The first kappa shape index (κ1) is 58.0. The van der Waals surface area contributed by atoms with E-state index < -0.39 is 0 Å². The lowest BCUT2D eigenvalue weighted by atomic mass is 9.33. The van der Waals surface area contributed by atoms with Crippen molar-refractivity contribution in [1.82, 2.24) is 9.13 Å². The van der Waals surface area contributed by atoms with Crippen LogP contribution in [0.2, 0.25) is 0 Å². The molecule has 0 spiro atoms. The number of benzene rings is 13. The van der Waals surface area contributed by atoms with Gasteiger partial charge in [0.1, 0.15) is 0 Å². The van der Waals surface area contributed by atoms with E-state index in [2.05, 4.69) is 320 Å². The predicted molar refractivity (Wildman–Crippen MR) is 422 cm³/mol. The second-order valence-electron chi connectivity index (χ2n) is 28.0. The summed E-state index contributed by atoms with van der Waals surface area (Å²) < 4.78 is 10.4. The van der Waals surface area contributed by atoms with Crippen LogP contribution in [-0.2, 0) is 18.3 Å². The topological polar surface area (TPSA) is 16.3 Å². The molecule has 0 N–H and O–H groups in total. The Morgan fingerprint density at radius 3 is 1.20 bits per heavy atom. The van der Waals surface area contributed by atoms with Crippen molar-refractivity contribution in [3.63, 3.8) is 0 Å². The number of unbranched alkanes of at least 4 members (excludes halogenated alkanes) is 2. The molecule has 4 nitrogen and oxygen atoms in total. The maximum Gasteiger partial charge on any atom is 0.252 e. The van der Waals surface area contributed by atoms with Gasteiger partial charge in [-0.2, -0.15) is 0 Å². The van der Waals surface area contributed by atoms with Crippen LogP contribution < -0.4 is 26.2 Å². The monoisotopic (exact) mass is 1280 g/mol. The zero-order chi connectivity index (χ0) is 64.8. The average Bonchev–Trinajstić information content (AvgIpc) is 1.10. The molecule has 4 aromatic heterocycles. The number of aryl methyl sites for hydroxylation is 2. The number of anilines is 6. The number of hydrogen-bond donors (Lipinski definition) is 0. The smallest absolute Gasteiger partial charge is 0.252 e. The van der Waals surface area contributed by atoms with Gasteiger partial charge in [0, 0.05) is 86.6 Å². The first-order valence-corrected chi connectivity index (χ1v) is 36.4. The Morgan fingerprint density at radius 2 is 0.753 bits per heavy atom. The van der Waals surface area contributed by atoms with E-state index in [0.717, 1.165) is 49.9 Å². The minimum absolute atomic E-state index is 0.140. The lowest BCUT2D eigenvalue weighted by Gasteiger charge is -2.46. The van der Waals surface area contributed by atoms with E-state index in [0.29, 0.717) is 0 Å². The first-order chi connectivity index (χ1) is 47.7. The Hall–Kier alpha value is -10.4. The molecule has 0 fully saturated rings. The van der Waals surface area contributed by atoms with Crippen molar-refractivity contribution >= 4 is 164 Å². The molecule has 2 aliphatic rings. The Balaban J connectivity index is 0.945. The molecule has 0 aliphatic carbocycles. The largest absolute Gasteiger partial charge is 0.310 e. The minimum Gasteiger partial charge on any atom is -0.310 e. The number of para-hydroxylation sites is 2. The van der Waals surface area contributed by atoms with Gasteiger partial charge in [-0.3, -0.25) is 0 Å². The highest BCUT2D eigenvalue weighted by atomic mass is 32.1. The zero-order valence-electron chi connectivity index (χ0n) is 55.3. The Bertz CT molecular complexity index is 5700. The van der Waals surface area contributed by atoms with Crippen molar-refractivity contribution in [2.24, 2.45) is 0 Å².